The van der Waals surface area contributed by atoms with Crippen LogP contribution in [0.5, 0.6) is 0 Å². The molecule has 106 valence electrons. The molecule has 0 aliphatic rings. The standard InChI is InChI=1S/C13H15FN4OS/c1-8-7-20-11(18-8)3-4-16-13(19)10-5-9(14)6-17-12(10)15-2/h5-7H,3-4H2,1-2H3,(H,15,17)(H,16,19). The summed E-state index contributed by atoms with van der Waals surface area (Å²) in [5.41, 5.74) is 1.17. The van der Waals surface area contributed by atoms with Crippen molar-refractivity contribution in [2.24, 2.45) is 0 Å². The maximum atomic E-state index is 13.2. The summed E-state index contributed by atoms with van der Waals surface area (Å²) < 4.78 is 13.2. The van der Waals surface area contributed by atoms with E-state index in [1.165, 1.54) is 6.07 Å². The topological polar surface area (TPSA) is 66.9 Å². The first kappa shape index (κ1) is 14.4. The molecule has 0 radical (unpaired) electrons. The normalized spacial score (nSPS) is 10.3. The zero-order valence-electron chi connectivity index (χ0n) is 11.2. The second-order valence-electron chi connectivity index (χ2n) is 4.19. The minimum absolute atomic E-state index is 0.197. The molecule has 2 aromatic heterocycles. The molecule has 0 aliphatic heterocycles. The molecule has 0 atom stereocenters. The van der Waals surface area contributed by atoms with Gasteiger partial charge in [0.2, 0.25) is 0 Å². The van der Waals surface area contributed by atoms with Crippen molar-refractivity contribution in [3.8, 4) is 0 Å². The van der Waals surface area contributed by atoms with Gasteiger partial charge in [-0.1, -0.05) is 0 Å². The van der Waals surface area contributed by atoms with Crippen molar-refractivity contribution in [1.82, 2.24) is 15.3 Å². The number of hydrogen-bond acceptors (Lipinski definition) is 5. The van der Waals surface area contributed by atoms with E-state index >= 15 is 0 Å². The largest absolute Gasteiger partial charge is 0.372 e. The molecule has 0 aromatic carbocycles. The van der Waals surface area contributed by atoms with Crippen molar-refractivity contribution in [3.05, 3.63) is 39.7 Å². The molecule has 0 spiro atoms. The molecule has 1 amide bonds. The average molecular weight is 294 g/mol. The van der Waals surface area contributed by atoms with Gasteiger partial charge in [-0.05, 0) is 13.0 Å². The van der Waals surface area contributed by atoms with Crippen LogP contribution >= 0.6 is 11.3 Å². The summed E-state index contributed by atoms with van der Waals surface area (Å²) in [6.45, 7) is 2.38. The Morgan fingerprint density at radius 3 is 2.95 bits per heavy atom. The van der Waals surface area contributed by atoms with Crippen LogP contribution in [0.25, 0.3) is 0 Å². The minimum atomic E-state index is -0.537. The SMILES string of the molecule is CNc1ncc(F)cc1C(=O)NCCc1nc(C)cs1. The molecule has 2 rings (SSSR count). The lowest BCUT2D eigenvalue weighted by Crippen LogP contribution is -2.26. The molecular weight excluding hydrogens is 279 g/mol. The van der Waals surface area contributed by atoms with Crippen LogP contribution < -0.4 is 10.6 Å². The third-order valence-electron chi connectivity index (χ3n) is 2.63. The molecule has 2 heterocycles. The summed E-state index contributed by atoms with van der Waals surface area (Å²) in [6.07, 6.45) is 1.73. The Labute approximate surface area is 120 Å². The summed E-state index contributed by atoms with van der Waals surface area (Å²) in [6, 6.07) is 1.17. The first-order chi connectivity index (χ1) is 9.60. The van der Waals surface area contributed by atoms with Gasteiger partial charge in [0.1, 0.15) is 11.6 Å². The molecule has 0 saturated heterocycles. The van der Waals surface area contributed by atoms with Gasteiger partial charge in [0.05, 0.1) is 16.8 Å². The minimum Gasteiger partial charge on any atom is -0.372 e. The Hall–Kier alpha value is -2.02. The predicted molar refractivity (Wildman–Crippen MR) is 76.6 cm³/mol. The van der Waals surface area contributed by atoms with Gasteiger partial charge < -0.3 is 10.6 Å². The molecule has 7 heteroatoms. The van der Waals surface area contributed by atoms with Gasteiger partial charge in [-0.25, -0.2) is 14.4 Å². The van der Waals surface area contributed by atoms with Gasteiger partial charge in [0.15, 0.2) is 0 Å². The van der Waals surface area contributed by atoms with Crippen molar-refractivity contribution in [1.29, 1.82) is 0 Å². The maximum absolute atomic E-state index is 13.2. The summed E-state index contributed by atoms with van der Waals surface area (Å²) in [5.74, 6) is -0.534. The van der Waals surface area contributed by atoms with Gasteiger partial charge in [-0.15, -0.1) is 11.3 Å². The second-order valence-corrected chi connectivity index (χ2v) is 5.13. The fraction of sp³-hybridized carbons (Fsp3) is 0.308. The van der Waals surface area contributed by atoms with Crippen molar-refractivity contribution >= 4 is 23.1 Å². The average Bonchev–Trinajstić information content (AvgIpc) is 2.84. The van der Waals surface area contributed by atoms with Crippen LogP contribution in [0.1, 0.15) is 21.1 Å². The van der Waals surface area contributed by atoms with Crippen molar-refractivity contribution in [2.75, 3.05) is 18.9 Å². The van der Waals surface area contributed by atoms with E-state index in [0.717, 1.165) is 16.9 Å². The van der Waals surface area contributed by atoms with E-state index in [2.05, 4.69) is 20.6 Å². The van der Waals surface area contributed by atoms with Crippen LogP contribution in [-0.4, -0.2) is 29.5 Å². The van der Waals surface area contributed by atoms with Crippen LogP contribution in [0.3, 0.4) is 0 Å². The van der Waals surface area contributed by atoms with Gasteiger partial charge >= 0.3 is 0 Å². The van der Waals surface area contributed by atoms with E-state index in [1.807, 2.05) is 12.3 Å². The Balaban J connectivity index is 1.96. The van der Waals surface area contributed by atoms with E-state index < -0.39 is 5.82 Å². The molecule has 0 unspecified atom stereocenters. The zero-order chi connectivity index (χ0) is 14.5. The number of pyridine rings is 1. The predicted octanol–water partition coefficient (Wildman–Crippen LogP) is 2.00. The van der Waals surface area contributed by atoms with E-state index in [4.69, 9.17) is 0 Å². The smallest absolute Gasteiger partial charge is 0.255 e. The number of aryl methyl sites for hydroxylation is 1. The van der Waals surface area contributed by atoms with Gasteiger partial charge in [0, 0.05) is 31.1 Å². The number of carbonyl (C=O) groups excluding carboxylic acids is 1. The van der Waals surface area contributed by atoms with E-state index in [-0.39, 0.29) is 11.5 Å². The fourth-order valence-corrected chi connectivity index (χ4v) is 2.48. The lowest BCUT2D eigenvalue weighted by atomic mass is 10.2. The molecule has 2 N–H and O–H groups in total. The quantitative estimate of drug-likeness (QED) is 0.885. The Morgan fingerprint density at radius 2 is 2.30 bits per heavy atom. The summed E-state index contributed by atoms with van der Waals surface area (Å²) in [4.78, 5) is 20.1. The number of nitrogens with zero attached hydrogens (tertiary/aromatic N) is 2. The summed E-state index contributed by atoms with van der Waals surface area (Å²) in [5, 5.41) is 8.44. The third-order valence-corrected chi connectivity index (χ3v) is 3.65. The lowest BCUT2D eigenvalue weighted by molar-refractivity contribution is 0.0954. The van der Waals surface area contributed by atoms with Crippen LogP contribution in [0, 0.1) is 12.7 Å². The van der Waals surface area contributed by atoms with Gasteiger partial charge in [-0.3, -0.25) is 4.79 Å². The number of aromatic nitrogens is 2. The highest BCUT2D eigenvalue weighted by Gasteiger charge is 2.13. The Bertz CT molecular complexity index is 614. The van der Waals surface area contributed by atoms with Crippen LogP contribution in [0.15, 0.2) is 17.6 Å². The highest BCUT2D eigenvalue weighted by molar-refractivity contribution is 7.09. The first-order valence-corrected chi connectivity index (χ1v) is 7.00. The second kappa shape index (κ2) is 6.42. The number of anilines is 1. The number of rotatable bonds is 5. The van der Waals surface area contributed by atoms with E-state index in [1.54, 1.807) is 18.4 Å². The highest BCUT2D eigenvalue weighted by Crippen LogP contribution is 2.13. The van der Waals surface area contributed by atoms with Crippen LogP contribution in [0.2, 0.25) is 0 Å². The third kappa shape index (κ3) is 3.51. The summed E-state index contributed by atoms with van der Waals surface area (Å²) in [7, 11) is 1.63. The highest BCUT2D eigenvalue weighted by atomic mass is 32.1. The lowest BCUT2D eigenvalue weighted by Gasteiger charge is -2.08. The zero-order valence-corrected chi connectivity index (χ0v) is 12.1. The molecule has 0 saturated carbocycles. The van der Waals surface area contributed by atoms with Crippen LogP contribution in [-0.2, 0) is 6.42 Å². The molecule has 5 nitrogen and oxygen atoms in total. The molecule has 0 aliphatic carbocycles. The number of thiazole rings is 1. The molecular formula is C13H15FN4OS. The van der Waals surface area contributed by atoms with Crippen LogP contribution in [0.4, 0.5) is 10.2 Å². The number of nitrogens with one attached hydrogen (secondary N) is 2. The van der Waals surface area contributed by atoms with Crippen molar-refractivity contribution < 1.29 is 9.18 Å². The maximum Gasteiger partial charge on any atom is 0.255 e. The number of hydrogen-bond donors (Lipinski definition) is 2. The molecule has 0 bridgehead atoms. The van der Waals surface area contributed by atoms with Crippen molar-refractivity contribution in [3.63, 3.8) is 0 Å². The van der Waals surface area contributed by atoms with E-state index in [9.17, 15) is 9.18 Å². The Kier molecular flexibility index (Phi) is 4.62. The molecule has 20 heavy (non-hydrogen) atoms. The first-order valence-electron chi connectivity index (χ1n) is 6.12. The van der Waals surface area contributed by atoms with E-state index in [0.29, 0.717) is 18.8 Å². The number of amides is 1. The van der Waals surface area contributed by atoms with Gasteiger partial charge in [-0.2, -0.15) is 0 Å². The van der Waals surface area contributed by atoms with Crippen molar-refractivity contribution in [2.45, 2.75) is 13.3 Å². The fourth-order valence-electron chi connectivity index (χ4n) is 1.71. The number of carbonyl (C=O) groups is 1. The Morgan fingerprint density at radius 1 is 1.50 bits per heavy atom. The number of halogens is 1. The van der Waals surface area contributed by atoms with Gasteiger partial charge in [0.25, 0.3) is 5.91 Å². The molecule has 2 aromatic rings. The molecule has 0 fully saturated rings. The summed E-state index contributed by atoms with van der Waals surface area (Å²) >= 11 is 1.56. The monoisotopic (exact) mass is 294 g/mol.